The third kappa shape index (κ3) is 4.69. The van der Waals surface area contributed by atoms with E-state index in [1.165, 1.54) is 6.42 Å². The first-order chi connectivity index (χ1) is 13.3. The third-order valence-electron chi connectivity index (χ3n) is 5.69. The number of aromatic nitrogens is 3. The van der Waals surface area contributed by atoms with Gasteiger partial charge in [0.2, 0.25) is 0 Å². The highest BCUT2D eigenvalue weighted by molar-refractivity contribution is 5.80. The fraction of sp³-hybridized carbons (Fsp3) is 0.619. The van der Waals surface area contributed by atoms with Gasteiger partial charge >= 0.3 is 5.97 Å². The van der Waals surface area contributed by atoms with Crippen molar-refractivity contribution < 1.29 is 14.3 Å². The van der Waals surface area contributed by atoms with Gasteiger partial charge < -0.3 is 10.1 Å². The molecule has 0 saturated heterocycles. The predicted octanol–water partition coefficient (Wildman–Crippen LogP) is 2.83. The zero-order valence-corrected chi connectivity index (χ0v) is 17.2. The Morgan fingerprint density at radius 3 is 2.75 bits per heavy atom. The zero-order chi connectivity index (χ0) is 20.3. The Bertz CT molecular complexity index is 874. The van der Waals surface area contributed by atoms with Gasteiger partial charge in [-0.1, -0.05) is 19.8 Å². The van der Waals surface area contributed by atoms with Gasteiger partial charge in [-0.15, -0.1) is 0 Å². The molecule has 7 heteroatoms. The fourth-order valence-corrected chi connectivity index (χ4v) is 4.03. The maximum atomic E-state index is 12.1. The van der Waals surface area contributed by atoms with Crippen LogP contribution in [0.4, 0.5) is 0 Å². The maximum absolute atomic E-state index is 12.1. The highest BCUT2D eigenvalue weighted by Gasteiger charge is 2.23. The van der Waals surface area contributed by atoms with Crippen LogP contribution in [-0.2, 0) is 20.7 Å². The lowest BCUT2D eigenvalue weighted by Crippen LogP contribution is -2.42. The number of rotatable bonds is 6. The fourth-order valence-electron chi connectivity index (χ4n) is 4.03. The van der Waals surface area contributed by atoms with Crippen LogP contribution >= 0.6 is 0 Å². The van der Waals surface area contributed by atoms with Crippen molar-refractivity contribution in [2.75, 3.05) is 6.61 Å². The van der Waals surface area contributed by atoms with Crippen LogP contribution in [0, 0.1) is 26.7 Å². The number of hydrogen-bond donors (Lipinski definition) is 1. The van der Waals surface area contributed by atoms with Crippen molar-refractivity contribution in [3.8, 4) is 0 Å². The Labute approximate surface area is 165 Å². The number of nitrogens with one attached hydrogen (secondary N) is 1. The highest BCUT2D eigenvalue weighted by Crippen LogP contribution is 2.23. The molecule has 0 aromatic carbocycles. The van der Waals surface area contributed by atoms with Gasteiger partial charge in [0, 0.05) is 29.9 Å². The van der Waals surface area contributed by atoms with Gasteiger partial charge in [0.25, 0.3) is 5.91 Å². The van der Waals surface area contributed by atoms with E-state index in [-0.39, 0.29) is 30.9 Å². The van der Waals surface area contributed by atoms with E-state index >= 15 is 0 Å². The molecule has 0 radical (unpaired) electrons. The first kappa shape index (κ1) is 20.3. The van der Waals surface area contributed by atoms with Crippen LogP contribution in [0.1, 0.15) is 61.7 Å². The van der Waals surface area contributed by atoms with Gasteiger partial charge in [-0.25, -0.2) is 9.50 Å². The van der Waals surface area contributed by atoms with Crippen LogP contribution in [0.5, 0.6) is 0 Å². The van der Waals surface area contributed by atoms with Gasteiger partial charge in [-0.2, -0.15) is 5.10 Å². The number of aryl methyl sites for hydroxylation is 3. The summed E-state index contributed by atoms with van der Waals surface area (Å²) in [4.78, 5) is 28.8. The zero-order valence-electron chi connectivity index (χ0n) is 17.2. The molecule has 1 saturated carbocycles. The quantitative estimate of drug-likeness (QED) is 0.772. The Balaban J connectivity index is 1.50. The molecule has 152 valence electrons. The molecule has 1 fully saturated rings. The molecule has 1 N–H and O–H groups in total. The number of carbonyl (C=O) groups is 2. The van der Waals surface area contributed by atoms with Crippen LogP contribution in [0.15, 0.2) is 6.07 Å². The number of fused-ring (bicyclic) bond motifs is 1. The summed E-state index contributed by atoms with van der Waals surface area (Å²) in [5, 5.41) is 7.45. The SMILES string of the molecule is Cc1cc2nc(C)c(CCC(=O)OCC(=O)N[C@H]3CCCC[C@@H]3C)c(C)n2n1. The third-order valence-corrected chi connectivity index (χ3v) is 5.69. The summed E-state index contributed by atoms with van der Waals surface area (Å²) in [5.74, 6) is -0.107. The monoisotopic (exact) mass is 386 g/mol. The van der Waals surface area contributed by atoms with E-state index in [1.54, 1.807) is 0 Å². The van der Waals surface area contributed by atoms with Gasteiger partial charge in [-0.3, -0.25) is 9.59 Å². The Kier molecular flexibility index (Phi) is 6.31. The molecular formula is C21H30N4O3. The molecule has 28 heavy (non-hydrogen) atoms. The normalized spacial score (nSPS) is 19.6. The van der Waals surface area contributed by atoms with E-state index in [9.17, 15) is 9.59 Å². The summed E-state index contributed by atoms with van der Waals surface area (Å²) >= 11 is 0. The molecule has 2 aromatic rings. The summed E-state index contributed by atoms with van der Waals surface area (Å²) in [5.41, 5.74) is 4.58. The molecule has 1 amide bonds. The molecule has 0 bridgehead atoms. The minimum atomic E-state index is -0.373. The summed E-state index contributed by atoms with van der Waals surface area (Å²) in [6.07, 6.45) is 5.23. The van der Waals surface area contributed by atoms with Gasteiger partial charge in [-0.05, 0) is 51.5 Å². The predicted molar refractivity (Wildman–Crippen MR) is 106 cm³/mol. The van der Waals surface area contributed by atoms with Crippen molar-refractivity contribution in [1.82, 2.24) is 19.9 Å². The largest absolute Gasteiger partial charge is 0.456 e. The van der Waals surface area contributed by atoms with Crippen LogP contribution in [0.25, 0.3) is 5.65 Å². The van der Waals surface area contributed by atoms with E-state index in [2.05, 4.69) is 22.3 Å². The first-order valence-electron chi connectivity index (χ1n) is 10.1. The second-order valence-corrected chi connectivity index (χ2v) is 7.91. The summed E-state index contributed by atoms with van der Waals surface area (Å²) in [6, 6.07) is 2.13. The minimum Gasteiger partial charge on any atom is -0.456 e. The second-order valence-electron chi connectivity index (χ2n) is 7.91. The van der Waals surface area contributed by atoms with Gasteiger partial charge in [0.05, 0.1) is 5.69 Å². The summed E-state index contributed by atoms with van der Waals surface area (Å²) in [7, 11) is 0. The van der Waals surface area contributed by atoms with E-state index in [1.807, 2.05) is 31.4 Å². The maximum Gasteiger partial charge on any atom is 0.306 e. The molecule has 2 heterocycles. The van der Waals surface area contributed by atoms with Crippen molar-refractivity contribution in [3.05, 3.63) is 28.7 Å². The molecule has 0 spiro atoms. The molecule has 2 atom stereocenters. The van der Waals surface area contributed by atoms with Crippen molar-refractivity contribution in [3.63, 3.8) is 0 Å². The number of ether oxygens (including phenoxy) is 1. The van der Waals surface area contributed by atoms with Gasteiger partial charge in [0.15, 0.2) is 12.3 Å². The number of amides is 1. The standard InChI is InChI=1S/C21H30N4O3/c1-13-7-5-6-8-18(13)23-20(26)12-28-21(27)10-9-17-15(3)22-19-11-14(2)24-25(19)16(17)4/h11,13,18H,5-10,12H2,1-4H3,(H,23,26)/t13-,18-/m0/s1. The molecule has 1 aliphatic rings. The highest BCUT2D eigenvalue weighted by atomic mass is 16.5. The number of hydrogen-bond acceptors (Lipinski definition) is 5. The average molecular weight is 386 g/mol. The van der Waals surface area contributed by atoms with Crippen molar-refractivity contribution >= 4 is 17.5 Å². The van der Waals surface area contributed by atoms with Crippen molar-refractivity contribution in [2.24, 2.45) is 5.92 Å². The van der Waals surface area contributed by atoms with Crippen molar-refractivity contribution in [2.45, 2.75) is 72.3 Å². The summed E-state index contributed by atoms with van der Waals surface area (Å²) in [6.45, 7) is 7.80. The Morgan fingerprint density at radius 2 is 2.00 bits per heavy atom. The topological polar surface area (TPSA) is 85.6 Å². The minimum absolute atomic E-state index is 0.195. The smallest absolute Gasteiger partial charge is 0.306 e. The lowest BCUT2D eigenvalue weighted by atomic mass is 9.86. The van der Waals surface area contributed by atoms with Crippen LogP contribution in [0.3, 0.4) is 0 Å². The Hall–Kier alpha value is -2.44. The van der Waals surface area contributed by atoms with Crippen molar-refractivity contribution in [1.29, 1.82) is 0 Å². The second kappa shape index (κ2) is 8.71. The van der Waals surface area contributed by atoms with Crippen LogP contribution in [0.2, 0.25) is 0 Å². The lowest BCUT2D eigenvalue weighted by molar-refractivity contribution is -0.148. The van der Waals surface area contributed by atoms with Crippen LogP contribution < -0.4 is 5.32 Å². The molecule has 7 nitrogen and oxygen atoms in total. The molecule has 2 aromatic heterocycles. The average Bonchev–Trinajstić information content (AvgIpc) is 3.02. The summed E-state index contributed by atoms with van der Waals surface area (Å²) < 4.78 is 6.99. The lowest BCUT2D eigenvalue weighted by Gasteiger charge is -2.29. The molecular weight excluding hydrogens is 356 g/mol. The first-order valence-corrected chi connectivity index (χ1v) is 10.1. The molecule has 1 aliphatic carbocycles. The van der Waals surface area contributed by atoms with Crippen LogP contribution in [-0.4, -0.2) is 39.1 Å². The van der Waals surface area contributed by atoms with E-state index < -0.39 is 0 Å². The van der Waals surface area contributed by atoms with E-state index in [0.29, 0.717) is 12.3 Å². The van der Waals surface area contributed by atoms with E-state index in [0.717, 1.165) is 47.6 Å². The number of esters is 1. The molecule has 0 aliphatic heterocycles. The molecule has 0 unspecified atom stereocenters. The Morgan fingerprint density at radius 1 is 1.25 bits per heavy atom. The number of carbonyl (C=O) groups excluding carboxylic acids is 2. The van der Waals surface area contributed by atoms with Gasteiger partial charge in [0.1, 0.15) is 0 Å². The van der Waals surface area contributed by atoms with E-state index in [4.69, 9.17) is 4.74 Å². The molecule has 3 rings (SSSR count). The number of nitrogens with zero attached hydrogens (tertiary/aromatic N) is 3.